The van der Waals surface area contributed by atoms with Gasteiger partial charge in [0.15, 0.2) is 5.82 Å². The van der Waals surface area contributed by atoms with Gasteiger partial charge in [0.25, 0.3) is 5.91 Å². The van der Waals surface area contributed by atoms with Crippen LogP contribution in [-0.4, -0.2) is 22.2 Å². The van der Waals surface area contributed by atoms with Gasteiger partial charge in [-0.2, -0.15) is 0 Å². The number of rotatable bonds is 3. The number of nitrogens with one attached hydrogen (secondary N) is 2. The van der Waals surface area contributed by atoms with Crippen molar-refractivity contribution in [3.63, 3.8) is 0 Å². The highest BCUT2D eigenvalue weighted by Gasteiger charge is 2.15. The lowest BCUT2D eigenvalue weighted by Gasteiger charge is -2.17. The predicted octanol–water partition coefficient (Wildman–Crippen LogP) is 3.73. The van der Waals surface area contributed by atoms with Crippen LogP contribution in [0, 0.1) is 6.92 Å². The van der Waals surface area contributed by atoms with Crippen molar-refractivity contribution in [2.24, 2.45) is 0 Å². The van der Waals surface area contributed by atoms with Crippen LogP contribution >= 0.6 is 11.6 Å². The zero-order valence-electron chi connectivity index (χ0n) is 14.4. The first-order chi connectivity index (χ1) is 12.6. The second kappa shape index (κ2) is 6.94. The summed E-state index contributed by atoms with van der Waals surface area (Å²) in [4.78, 5) is 12.6. The van der Waals surface area contributed by atoms with E-state index >= 15 is 0 Å². The van der Waals surface area contributed by atoms with Crippen LogP contribution in [0.2, 0.25) is 5.02 Å². The van der Waals surface area contributed by atoms with E-state index < -0.39 is 0 Å². The molecule has 0 fully saturated rings. The molecule has 0 atom stereocenters. The second-order valence-corrected chi connectivity index (χ2v) is 6.81. The van der Waals surface area contributed by atoms with Crippen LogP contribution in [0.5, 0.6) is 0 Å². The Morgan fingerprint density at radius 1 is 1.19 bits per heavy atom. The van der Waals surface area contributed by atoms with Crippen molar-refractivity contribution in [1.82, 2.24) is 15.1 Å². The highest BCUT2D eigenvalue weighted by atomic mass is 35.5. The number of carbonyl (C=O) groups is 1. The quantitative estimate of drug-likeness (QED) is 0.742. The van der Waals surface area contributed by atoms with E-state index in [0.717, 1.165) is 30.9 Å². The summed E-state index contributed by atoms with van der Waals surface area (Å²) in [5, 5.41) is 11.3. The molecule has 2 aromatic carbocycles. The Hall–Kier alpha value is -2.63. The van der Waals surface area contributed by atoms with Gasteiger partial charge >= 0.3 is 0 Å². The van der Waals surface area contributed by atoms with Gasteiger partial charge in [0.2, 0.25) is 0 Å². The van der Waals surface area contributed by atoms with Gasteiger partial charge in [-0.05, 0) is 55.3 Å². The Morgan fingerprint density at radius 3 is 2.88 bits per heavy atom. The van der Waals surface area contributed by atoms with Gasteiger partial charge < -0.3 is 10.6 Å². The van der Waals surface area contributed by atoms with Crippen molar-refractivity contribution in [2.75, 3.05) is 11.9 Å². The third-order valence-corrected chi connectivity index (χ3v) is 4.88. The van der Waals surface area contributed by atoms with Gasteiger partial charge in [0, 0.05) is 23.9 Å². The van der Waals surface area contributed by atoms with E-state index in [0.29, 0.717) is 16.4 Å². The standard InChI is InChI=1S/C20H19ClN4O/c1-13-10-19(24-25(13)18-5-3-2-4-17(18)21)23-20(26)15-7-6-14-8-9-22-12-16(14)11-15/h2-7,10-11,22H,8-9,12H2,1H3,(H,23,24,26). The van der Waals surface area contributed by atoms with Gasteiger partial charge in [-0.25, -0.2) is 4.68 Å². The summed E-state index contributed by atoms with van der Waals surface area (Å²) in [5.74, 6) is 0.338. The molecule has 3 aromatic rings. The molecule has 5 nitrogen and oxygen atoms in total. The first-order valence-electron chi connectivity index (χ1n) is 8.57. The molecule has 132 valence electrons. The maximum atomic E-state index is 12.6. The summed E-state index contributed by atoms with van der Waals surface area (Å²) in [5.41, 5.74) is 4.80. The van der Waals surface area contributed by atoms with Crippen molar-refractivity contribution >= 4 is 23.3 Å². The van der Waals surface area contributed by atoms with E-state index in [1.54, 1.807) is 4.68 Å². The van der Waals surface area contributed by atoms with Gasteiger partial charge in [0.1, 0.15) is 0 Å². The minimum absolute atomic E-state index is 0.165. The highest BCUT2D eigenvalue weighted by Crippen LogP contribution is 2.23. The Labute approximate surface area is 157 Å². The SMILES string of the molecule is Cc1cc(NC(=O)c2ccc3c(c2)CNCC3)nn1-c1ccccc1Cl. The third-order valence-electron chi connectivity index (χ3n) is 4.56. The lowest BCUT2D eigenvalue weighted by Crippen LogP contribution is -2.24. The molecule has 4 rings (SSSR count). The molecule has 1 amide bonds. The Morgan fingerprint density at radius 2 is 2.04 bits per heavy atom. The number of anilines is 1. The fraction of sp³-hybridized carbons (Fsp3) is 0.200. The average molecular weight is 367 g/mol. The van der Waals surface area contributed by atoms with Crippen LogP contribution in [0.1, 0.15) is 27.2 Å². The molecular formula is C20H19ClN4O. The molecule has 1 aromatic heterocycles. The van der Waals surface area contributed by atoms with Crippen molar-refractivity contribution in [3.05, 3.63) is 75.9 Å². The monoisotopic (exact) mass is 366 g/mol. The van der Waals surface area contributed by atoms with E-state index in [9.17, 15) is 4.79 Å². The number of amides is 1. The number of benzene rings is 2. The van der Waals surface area contributed by atoms with Crippen molar-refractivity contribution in [1.29, 1.82) is 0 Å². The minimum Gasteiger partial charge on any atom is -0.312 e. The zero-order chi connectivity index (χ0) is 18.1. The molecule has 0 spiro atoms. The summed E-state index contributed by atoms with van der Waals surface area (Å²) in [7, 11) is 0. The van der Waals surface area contributed by atoms with Crippen LogP contribution in [0.4, 0.5) is 5.82 Å². The molecule has 1 aliphatic heterocycles. The molecule has 0 unspecified atom stereocenters. The number of hydrogen-bond donors (Lipinski definition) is 2. The summed E-state index contributed by atoms with van der Waals surface area (Å²) >= 11 is 6.25. The summed E-state index contributed by atoms with van der Waals surface area (Å²) < 4.78 is 1.73. The number of nitrogens with zero attached hydrogens (tertiary/aromatic N) is 2. The molecule has 0 saturated carbocycles. The lowest BCUT2D eigenvalue weighted by atomic mass is 9.98. The van der Waals surface area contributed by atoms with Gasteiger partial charge in [-0.15, -0.1) is 5.10 Å². The van der Waals surface area contributed by atoms with Crippen LogP contribution in [0.3, 0.4) is 0 Å². The normalized spacial score (nSPS) is 13.3. The van der Waals surface area contributed by atoms with Crippen LogP contribution < -0.4 is 10.6 Å². The topological polar surface area (TPSA) is 59.0 Å². The minimum atomic E-state index is -0.165. The molecule has 2 N–H and O–H groups in total. The number of hydrogen-bond acceptors (Lipinski definition) is 3. The third kappa shape index (κ3) is 3.23. The van der Waals surface area contributed by atoms with Crippen molar-refractivity contribution in [3.8, 4) is 5.69 Å². The molecule has 6 heteroatoms. The zero-order valence-corrected chi connectivity index (χ0v) is 15.2. The molecule has 1 aliphatic rings. The van der Waals surface area contributed by atoms with E-state index in [1.165, 1.54) is 11.1 Å². The van der Waals surface area contributed by atoms with Gasteiger partial charge in [-0.3, -0.25) is 4.79 Å². The number of aryl methyl sites for hydroxylation is 1. The maximum Gasteiger partial charge on any atom is 0.256 e. The van der Waals surface area contributed by atoms with Gasteiger partial charge in [0.05, 0.1) is 10.7 Å². The lowest BCUT2D eigenvalue weighted by molar-refractivity contribution is 0.102. The maximum absolute atomic E-state index is 12.6. The van der Waals surface area contributed by atoms with Crippen molar-refractivity contribution < 1.29 is 4.79 Å². The molecular weight excluding hydrogens is 348 g/mol. The van der Waals surface area contributed by atoms with E-state index in [-0.39, 0.29) is 5.91 Å². The second-order valence-electron chi connectivity index (χ2n) is 6.40. The first-order valence-corrected chi connectivity index (χ1v) is 8.95. The summed E-state index contributed by atoms with van der Waals surface area (Å²) in [6, 6.07) is 15.2. The molecule has 0 bridgehead atoms. The largest absolute Gasteiger partial charge is 0.312 e. The number of halogens is 1. The van der Waals surface area contributed by atoms with Crippen molar-refractivity contribution in [2.45, 2.75) is 19.9 Å². The predicted molar refractivity (Wildman–Crippen MR) is 103 cm³/mol. The fourth-order valence-corrected chi connectivity index (χ4v) is 3.43. The van der Waals surface area contributed by atoms with E-state index in [2.05, 4.69) is 15.7 Å². The van der Waals surface area contributed by atoms with E-state index in [4.69, 9.17) is 11.6 Å². The smallest absolute Gasteiger partial charge is 0.256 e. The molecule has 2 heterocycles. The Kier molecular flexibility index (Phi) is 4.49. The number of para-hydroxylation sites is 1. The molecule has 0 aliphatic carbocycles. The molecule has 0 saturated heterocycles. The van der Waals surface area contributed by atoms with Crippen LogP contribution in [-0.2, 0) is 13.0 Å². The number of carbonyl (C=O) groups excluding carboxylic acids is 1. The Balaban J connectivity index is 1.57. The Bertz CT molecular complexity index is 980. The van der Waals surface area contributed by atoms with Crippen LogP contribution in [0.25, 0.3) is 5.69 Å². The summed E-state index contributed by atoms with van der Waals surface area (Å²) in [6.45, 7) is 3.71. The van der Waals surface area contributed by atoms with Crippen LogP contribution in [0.15, 0.2) is 48.5 Å². The average Bonchev–Trinajstić information content (AvgIpc) is 3.01. The highest BCUT2D eigenvalue weighted by molar-refractivity contribution is 6.32. The molecule has 0 radical (unpaired) electrons. The van der Waals surface area contributed by atoms with Gasteiger partial charge in [-0.1, -0.05) is 29.8 Å². The number of fused-ring (bicyclic) bond motifs is 1. The first kappa shape index (κ1) is 16.8. The fourth-order valence-electron chi connectivity index (χ4n) is 3.21. The summed E-state index contributed by atoms with van der Waals surface area (Å²) in [6.07, 6.45) is 0.999. The van der Waals surface area contributed by atoms with E-state index in [1.807, 2.05) is 55.5 Å². The number of aromatic nitrogens is 2. The molecule has 26 heavy (non-hydrogen) atoms.